The van der Waals surface area contributed by atoms with Gasteiger partial charge in [-0.2, -0.15) is 0 Å². The number of nitrogens with zero attached hydrogens (tertiary/aromatic N) is 4. The van der Waals surface area contributed by atoms with Crippen molar-refractivity contribution in [3.63, 3.8) is 0 Å². The predicted molar refractivity (Wildman–Crippen MR) is 138 cm³/mol. The highest BCUT2D eigenvalue weighted by Gasteiger charge is 2.34. The Balaban J connectivity index is 2.13. The van der Waals surface area contributed by atoms with Crippen LogP contribution in [0.4, 0.5) is 0 Å². The molecule has 2 atom stereocenters. The molecule has 2 N–H and O–H groups in total. The van der Waals surface area contributed by atoms with Gasteiger partial charge >= 0.3 is 5.97 Å². The number of benzene rings is 2. The Labute approximate surface area is 209 Å². The Hall–Kier alpha value is -3.06. The van der Waals surface area contributed by atoms with Gasteiger partial charge in [0.05, 0.1) is 18.0 Å². The number of aromatic nitrogens is 4. The van der Waals surface area contributed by atoms with E-state index in [1.54, 1.807) is 0 Å². The average molecular weight is 478 g/mol. The van der Waals surface area contributed by atoms with Gasteiger partial charge in [-0.25, -0.2) is 4.68 Å². The molecule has 1 aromatic heterocycles. The molecule has 0 saturated heterocycles. The minimum Gasteiger partial charge on any atom is -0.481 e. The summed E-state index contributed by atoms with van der Waals surface area (Å²) in [6.45, 7) is 17.1. The van der Waals surface area contributed by atoms with E-state index in [-0.39, 0.29) is 17.4 Å². The van der Waals surface area contributed by atoms with E-state index >= 15 is 0 Å². The van der Waals surface area contributed by atoms with E-state index in [2.05, 4.69) is 87.5 Å². The minimum atomic E-state index is -0.865. The number of carbonyl (C=O) groups is 1. The molecule has 0 aliphatic heterocycles. The summed E-state index contributed by atoms with van der Waals surface area (Å²) in [6.07, 6.45) is 0.811. The number of aryl methyl sites for hydroxylation is 3. The normalized spacial score (nSPS) is 14.1. The molecule has 0 fully saturated rings. The van der Waals surface area contributed by atoms with Crippen molar-refractivity contribution in [2.75, 3.05) is 0 Å². The molecule has 0 aliphatic rings. The quantitative estimate of drug-likeness (QED) is 0.413. The Kier molecular flexibility index (Phi) is 7.80. The predicted octanol–water partition coefficient (Wildman–Crippen LogP) is 5.66. The van der Waals surface area contributed by atoms with Crippen LogP contribution >= 0.6 is 0 Å². The zero-order valence-electron chi connectivity index (χ0n) is 22.3. The third kappa shape index (κ3) is 6.75. The van der Waals surface area contributed by atoms with Crippen LogP contribution in [0.15, 0.2) is 42.5 Å². The lowest BCUT2D eigenvalue weighted by atomic mass is 9.81. The maximum absolute atomic E-state index is 11.9. The van der Waals surface area contributed by atoms with Crippen molar-refractivity contribution >= 4 is 5.97 Å². The number of nitrogens with one attached hydrogen (secondary N) is 1. The van der Waals surface area contributed by atoms with Crippen molar-refractivity contribution in [1.82, 2.24) is 25.5 Å². The highest BCUT2D eigenvalue weighted by molar-refractivity contribution is 5.68. The van der Waals surface area contributed by atoms with Crippen LogP contribution < -0.4 is 5.32 Å². The van der Waals surface area contributed by atoms with E-state index in [0.29, 0.717) is 5.82 Å². The van der Waals surface area contributed by atoms with Crippen LogP contribution in [0.25, 0.3) is 0 Å². The largest absolute Gasteiger partial charge is 0.481 e. The molecular formula is C28H39N5O2. The van der Waals surface area contributed by atoms with Crippen LogP contribution in [0.3, 0.4) is 0 Å². The molecular weight excluding hydrogens is 438 g/mol. The first-order valence-electron chi connectivity index (χ1n) is 12.2. The van der Waals surface area contributed by atoms with E-state index in [1.165, 1.54) is 5.56 Å². The van der Waals surface area contributed by atoms with Gasteiger partial charge in [-0.1, -0.05) is 68.8 Å². The van der Waals surface area contributed by atoms with Gasteiger partial charge in [-0.05, 0) is 79.1 Å². The number of carboxylic acid groups (broad SMARTS) is 1. The van der Waals surface area contributed by atoms with Gasteiger partial charge in [0.2, 0.25) is 0 Å². The fraction of sp³-hybridized carbons (Fsp3) is 0.500. The van der Waals surface area contributed by atoms with Crippen LogP contribution in [-0.2, 0) is 10.3 Å². The maximum Gasteiger partial charge on any atom is 0.305 e. The van der Waals surface area contributed by atoms with Crippen LogP contribution in [0.2, 0.25) is 0 Å². The summed E-state index contributed by atoms with van der Waals surface area (Å²) in [5.41, 5.74) is 5.09. The first kappa shape index (κ1) is 26.5. The number of tetrazole rings is 1. The van der Waals surface area contributed by atoms with Crippen molar-refractivity contribution < 1.29 is 9.90 Å². The molecule has 0 spiro atoms. The lowest BCUT2D eigenvalue weighted by Gasteiger charge is -2.34. The Morgan fingerprint density at radius 3 is 2.31 bits per heavy atom. The Morgan fingerprint density at radius 1 is 1.00 bits per heavy atom. The van der Waals surface area contributed by atoms with Crippen molar-refractivity contribution in [3.8, 4) is 0 Å². The number of rotatable bonds is 9. The Morgan fingerprint density at radius 2 is 1.71 bits per heavy atom. The van der Waals surface area contributed by atoms with Gasteiger partial charge in [0.15, 0.2) is 5.82 Å². The second-order valence-corrected chi connectivity index (χ2v) is 11.5. The molecule has 3 rings (SSSR count). The van der Waals surface area contributed by atoms with E-state index in [9.17, 15) is 9.90 Å². The summed E-state index contributed by atoms with van der Waals surface area (Å²) >= 11 is 0. The molecule has 3 aromatic rings. The van der Waals surface area contributed by atoms with Crippen LogP contribution in [-0.4, -0.2) is 31.3 Å². The number of hydrogen-bond acceptors (Lipinski definition) is 5. The highest BCUT2D eigenvalue weighted by atomic mass is 16.4. The molecule has 7 nitrogen and oxygen atoms in total. The lowest BCUT2D eigenvalue weighted by Crippen LogP contribution is -2.38. The van der Waals surface area contributed by atoms with Gasteiger partial charge in [0.25, 0.3) is 0 Å². The fourth-order valence-electron chi connectivity index (χ4n) is 4.98. The molecule has 188 valence electrons. The smallest absolute Gasteiger partial charge is 0.305 e. The average Bonchev–Trinajstić information content (AvgIpc) is 3.22. The number of aliphatic carboxylic acids is 1. The van der Waals surface area contributed by atoms with Crippen LogP contribution in [0.5, 0.6) is 0 Å². The molecule has 0 bridgehead atoms. The van der Waals surface area contributed by atoms with Crippen molar-refractivity contribution in [2.45, 2.75) is 85.9 Å². The summed E-state index contributed by atoms with van der Waals surface area (Å²) in [5, 5.41) is 26.3. The van der Waals surface area contributed by atoms with Crippen molar-refractivity contribution in [3.05, 3.63) is 76.1 Å². The molecule has 1 heterocycles. The van der Waals surface area contributed by atoms with Gasteiger partial charge in [-0.3, -0.25) is 10.1 Å². The number of hydrogen-bond donors (Lipinski definition) is 2. The van der Waals surface area contributed by atoms with E-state index < -0.39 is 18.1 Å². The summed E-state index contributed by atoms with van der Waals surface area (Å²) in [6, 6.07) is 13.5. The van der Waals surface area contributed by atoms with Gasteiger partial charge in [0.1, 0.15) is 0 Å². The van der Waals surface area contributed by atoms with E-state index in [0.717, 1.165) is 28.7 Å². The summed E-state index contributed by atoms with van der Waals surface area (Å²) in [4.78, 5) is 11.9. The highest BCUT2D eigenvalue weighted by Crippen LogP contribution is 2.35. The molecule has 2 aromatic carbocycles. The molecule has 35 heavy (non-hydrogen) atoms. The van der Waals surface area contributed by atoms with Crippen LogP contribution in [0.1, 0.15) is 93.2 Å². The maximum atomic E-state index is 11.9. The van der Waals surface area contributed by atoms with Gasteiger partial charge < -0.3 is 5.11 Å². The molecule has 0 amide bonds. The zero-order chi connectivity index (χ0) is 26.0. The zero-order valence-corrected chi connectivity index (χ0v) is 22.3. The molecule has 7 heteroatoms. The molecule has 0 saturated carbocycles. The molecule has 0 aliphatic carbocycles. The third-order valence-electron chi connectivity index (χ3n) is 6.34. The van der Waals surface area contributed by atoms with Crippen molar-refractivity contribution in [1.29, 1.82) is 0 Å². The standard InChI is InChI=1S/C28H39N5O2/c1-18-10-9-11-21(14-18)23(16-24(34)35)29-25(22-13-12-19(2)20(3)15-22)26-30-31-32-33(26)28(7,8)17-27(4,5)6/h9-15,23,25,29H,16-17H2,1-8H3,(H,34,35). The van der Waals surface area contributed by atoms with Crippen molar-refractivity contribution in [2.24, 2.45) is 5.41 Å². The van der Waals surface area contributed by atoms with Crippen LogP contribution in [0, 0.1) is 26.2 Å². The first-order valence-corrected chi connectivity index (χ1v) is 12.2. The Bertz CT molecular complexity index is 1180. The topological polar surface area (TPSA) is 92.9 Å². The van der Waals surface area contributed by atoms with Gasteiger partial charge in [0, 0.05) is 6.04 Å². The third-order valence-corrected chi connectivity index (χ3v) is 6.34. The number of carboxylic acids is 1. The second kappa shape index (κ2) is 10.3. The molecule has 0 radical (unpaired) electrons. The minimum absolute atomic E-state index is 0.0578. The lowest BCUT2D eigenvalue weighted by molar-refractivity contribution is -0.137. The summed E-state index contributed by atoms with van der Waals surface area (Å²) in [7, 11) is 0. The SMILES string of the molecule is Cc1cccc(C(CC(=O)O)NC(c2ccc(C)c(C)c2)c2nnnn2C(C)(C)CC(C)(C)C)c1. The summed E-state index contributed by atoms with van der Waals surface area (Å²) in [5.74, 6) is -0.193. The molecule has 2 unspecified atom stereocenters. The second-order valence-electron chi connectivity index (χ2n) is 11.5. The first-order chi connectivity index (χ1) is 16.3. The van der Waals surface area contributed by atoms with Gasteiger partial charge in [-0.15, -0.1) is 5.10 Å². The fourth-order valence-corrected chi connectivity index (χ4v) is 4.98. The van der Waals surface area contributed by atoms with E-state index in [1.807, 2.05) is 35.9 Å². The summed E-state index contributed by atoms with van der Waals surface area (Å²) < 4.78 is 1.90. The monoisotopic (exact) mass is 477 g/mol. The van der Waals surface area contributed by atoms with E-state index in [4.69, 9.17) is 0 Å².